The minimum Gasteiger partial charge on any atom is -0.507 e. The molecule has 1 saturated heterocycles. The van der Waals surface area contributed by atoms with Gasteiger partial charge in [-0.3, -0.25) is 9.59 Å². The number of ketones is 1. The molecule has 180 valence electrons. The summed E-state index contributed by atoms with van der Waals surface area (Å²) in [6.45, 7) is 4.80. The second-order valence-corrected chi connectivity index (χ2v) is 9.49. The summed E-state index contributed by atoms with van der Waals surface area (Å²) in [6, 6.07) is 14.4. The smallest absolute Gasteiger partial charge is 0.295 e. The lowest BCUT2D eigenvalue weighted by Gasteiger charge is -2.35. The lowest BCUT2D eigenvalue weighted by molar-refractivity contribution is -0.141. The van der Waals surface area contributed by atoms with E-state index in [1.807, 2.05) is 31.2 Å². The standard InChI is InChI=1S/C29H35NO4/c1-3-4-8-18-34-24-16-14-21(15-17-24)27(31)25-26(22-11-9-10-20(2)19-22)30(29(33)28(25)32)23-12-6-5-7-13-23/h9-11,14-17,19,23,26,31H,3-8,12-13,18H2,1-2H3/b27-25-. The Balaban J connectivity index is 1.70. The SMILES string of the molecule is CCCCCOc1ccc(/C(O)=C2/C(=O)C(=O)N(C3CCCCC3)C2c2cccc(C)c2)cc1. The first-order valence-electron chi connectivity index (χ1n) is 12.6. The van der Waals surface area contributed by atoms with Crippen molar-refractivity contribution in [2.24, 2.45) is 0 Å². The highest BCUT2D eigenvalue weighted by molar-refractivity contribution is 6.46. The van der Waals surface area contributed by atoms with E-state index in [9.17, 15) is 14.7 Å². The average Bonchev–Trinajstić information content (AvgIpc) is 3.13. The van der Waals surface area contributed by atoms with Crippen LogP contribution < -0.4 is 4.74 Å². The number of benzene rings is 2. The van der Waals surface area contributed by atoms with Crippen LogP contribution in [-0.4, -0.2) is 34.3 Å². The summed E-state index contributed by atoms with van der Waals surface area (Å²) in [6.07, 6.45) is 8.29. The lowest BCUT2D eigenvalue weighted by Crippen LogP contribution is -2.40. The van der Waals surface area contributed by atoms with Gasteiger partial charge in [-0.05, 0) is 56.0 Å². The van der Waals surface area contributed by atoms with E-state index in [0.717, 1.165) is 68.2 Å². The molecule has 1 heterocycles. The fourth-order valence-electron chi connectivity index (χ4n) is 5.16. The van der Waals surface area contributed by atoms with Crippen LogP contribution in [0.5, 0.6) is 5.75 Å². The molecule has 2 aliphatic rings. The Morgan fingerprint density at radius 3 is 2.44 bits per heavy atom. The van der Waals surface area contributed by atoms with Crippen molar-refractivity contribution in [3.8, 4) is 5.75 Å². The van der Waals surface area contributed by atoms with Gasteiger partial charge in [0, 0.05) is 11.6 Å². The van der Waals surface area contributed by atoms with Gasteiger partial charge in [0.25, 0.3) is 11.7 Å². The number of Topliss-reactive ketones (excluding diaryl/α,β-unsaturated/α-hetero) is 1. The number of hydrogen-bond acceptors (Lipinski definition) is 4. The highest BCUT2D eigenvalue weighted by Crippen LogP contribution is 2.43. The first kappa shape index (κ1) is 24.1. The van der Waals surface area contributed by atoms with Gasteiger partial charge in [0.2, 0.25) is 0 Å². The molecule has 0 bridgehead atoms. The maximum Gasteiger partial charge on any atom is 0.295 e. The third kappa shape index (κ3) is 5.03. The molecule has 0 spiro atoms. The number of unbranched alkanes of at least 4 members (excludes halogenated alkanes) is 2. The van der Waals surface area contributed by atoms with Crippen molar-refractivity contribution in [3.05, 3.63) is 70.8 Å². The highest BCUT2D eigenvalue weighted by atomic mass is 16.5. The fraction of sp³-hybridized carbons (Fsp3) is 0.448. The zero-order valence-corrected chi connectivity index (χ0v) is 20.3. The number of carbonyl (C=O) groups is 2. The number of carbonyl (C=O) groups excluding carboxylic acids is 2. The van der Waals surface area contributed by atoms with Crippen LogP contribution in [0.1, 0.15) is 81.0 Å². The Kier molecular flexibility index (Phi) is 7.71. The predicted octanol–water partition coefficient (Wildman–Crippen LogP) is 6.32. The van der Waals surface area contributed by atoms with Gasteiger partial charge < -0.3 is 14.7 Å². The number of aliphatic hydroxyl groups is 1. The van der Waals surface area contributed by atoms with Crippen molar-refractivity contribution in [2.45, 2.75) is 77.3 Å². The molecule has 0 aromatic heterocycles. The summed E-state index contributed by atoms with van der Waals surface area (Å²) in [7, 11) is 0. The van der Waals surface area contributed by atoms with Crippen LogP contribution in [0.15, 0.2) is 54.1 Å². The summed E-state index contributed by atoms with van der Waals surface area (Å²) >= 11 is 0. The maximum atomic E-state index is 13.3. The number of ether oxygens (including phenoxy) is 1. The number of aliphatic hydroxyl groups excluding tert-OH is 1. The van der Waals surface area contributed by atoms with Gasteiger partial charge in [0.1, 0.15) is 11.5 Å². The molecule has 2 aromatic rings. The van der Waals surface area contributed by atoms with E-state index >= 15 is 0 Å². The Morgan fingerprint density at radius 1 is 1.03 bits per heavy atom. The lowest BCUT2D eigenvalue weighted by atomic mass is 9.90. The number of nitrogens with zero attached hydrogens (tertiary/aromatic N) is 1. The minimum absolute atomic E-state index is 0.0138. The summed E-state index contributed by atoms with van der Waals surface area (Å²) < 4.78 is 5.78. The molecule has 1 saturated carbocycles. The van der Waals surface area contributed by atoms with Gasteiger partial charge in [-0.25, -0.2) is 0 Å². The van der Waals surface area contributed by atoms with Gasteiger partial charge in [-0.15, -0.1) is 0 Å². The first-order chi connectivity index (χ1) is 16.5. The van der Waals surface area contributed by atoms with E-state index in [4.69, 9.17) is 4.74 Å². The molecule has 34 heavy (non-hydrogen) atoms. The molecule has 1 atom stereocenters. The van der Waals surface area contributed by atoms with E-state index in [-0.39, 0.29) is 17.4 Å². The Morgan fingerprint density at radius 2 is 1.76 bits per heavy atom. The van der Waals surface area contributed by atoms with Crippen LogP contribution in [0.2, 0.25) is 0 Å². The zero-order chi connectivity index (χ0) is 24.1. The first-order valence-corrected chi connectivity index (χ1v) is 12.6. The van der Waals surface area contributed by atoms with Crippen LogP contribution in [0.4, 0.5) is 0 Å². The molecule has 2 fully saturated rings. The molecule has 1 amide bonds. The van der Waals surface area contributed by atoms with E-state index in [1.165, 1.54) is 0 Å². The Hall–Kier alpha value is -3.08. The van der Waals surface area contributed by atoms with E-state index in [0.29, 0.717) is 12.2 Å². The van der Waals surface area contributed by atoms with Gasteiger partial charge in [0.05, 0.1) is 18.2 Å². The molecule has 1 unspecified atom stereocenters. The van der Waals surface area contributed by atoms with Crippen molar-refractivity contribution < 1.29 is 19.4 Å². The predicted molar refractivity (Wildman–Crippen MR) is 134 cm³/mol. The summed E-state index contributed by atoms with van der Waals surface area (Å²) in [5.74, 6) is -0.503. The summed E-state index contributed by atoms with van der Waals surface area (Å²) in [5.41, 5.74) is 2.61. The van der Waals surface area contributed by atoms with Crippen LogP contribution in [0.3, 0.4) is 0 Å². The van der Waals surface area contributed by atoms with E-state index in [1.54, 1.807) is 29.2 Å². The monoisotopic (exact) mass is 461 g/mol. The molecular weight excluding hydrogens is 426 g/mol. The van der Waals surface area contributed by atoms with Gasteiger partial charge in [0.15, 0.2) is 0 Å². The summed E-state index contributed by atoms with van der Waals surface area (Å²) in [4.78, 5) is 28.3. The van der Waals surface area contributed by atoms with Crippen molar-refractivity contribution >= 4 is 17.4 Å². The second kappa shape index (κ2) is 10.9. The number of hydrogen-bond donors (Lipinski definition) is 1. The van der Waals surface area contributed by atoms with Gasteiger partial charge in [-0.2, -0.15) is 0 Å². The minimum atomic E-state index is -0.602. The largest absolute Gasteiger partial charge is 0.507 e. The van der Waals surface area contributed by atoms with Crippen molar-refractivity contribution in [3.63, 3.8) is 0 Å². The van der Waals surface area contributed by atoms with E-state index < -0.39 is 17.7 Å². The normalized spacial score (nSPS) is 20.6. The Labute approximate surface area is 202 Å². The van der Waals surface area contributed by atoms with Gasteiger partial charge >= 0.3 is 0 Å². The molecule has 1 N–H and O–H groups in total. The highest BCUT2D eigenvalue weighted by Gasteiger charge is 2.48. The number of rotatable bonds is 8. The van der Waals surface area contributed by atoms with Crippen molar-refractivity contribution in [1.82, 2.24) is 4.90 Å². The molecular formula is C29H35NO4. The molecule has 0 radical (unpaired) electrons. The molecule has 1 aliphatic carbocycles. The van der Waals surface area contributed by atoms with Gasteiger partial charge in [-0.1, -0.05) is 68.9 Å². The third-order valence-electron chi connectivity index (χ3n) is 6.95. The van der Waals surface area contributed by atoms with Crippen molar-refractivity contribution in [1.29, 1.82) is 0 Å². The summed E-state index contributed by atoms with van der Waals surface area (Å²) in [5, 5.41) is 11.3. The third-order valence-corrected chi connectivity index (χ3v) is 6.95. The number of aryl methyl sites for hydroxylation is 1. The molecule has 2 aromatic carbocycles. The second-order valence-electron chi connectivity index (χ2n) is 9.49. The number of likely N-dealkylation sites (tertiary alicyclic amines) is 1. The number of amides is 1. The average molecular weight is 462 g/mol. The van der Waals surface area contributed by atoms with Crippen LogP contribution in [0.25, 0.3) is 5.76 Å². The van der Waals surface area contributed by atoms with E-state index in [2.05, 4.69) is 6.92 Å². The molecule has 1 aliphatic heterocycles. The maximum absolute atomic E-state index is 13.3. The van der Waals surface area contributed by atoms with Crippen LogP contribution >= 0.6 is 0 Å². The quantitative estimate of drug-likeness (QED) is 0.216. The van der Waals surface area contributed by atoms with Crippen molar-refractivity contribution in [2.75, 3.05) is 6.61 Å². The topological polar surface area (TPSA) is 66.8 Å². The Bertz CT molecular complexity index is 1050. The fourth-order valence-corrected chi connectivity index (χ4v) is 5.16. The van der Waals surface area contributed by atoms with Crippen LogP contribution in [-0.2, 0) is 9.59 Å². The molecule has 5 heteroatoms. The van der Waals surface area contributed by atoms with Crippen LogP contribution in [0, 0.1) is 6.92 Å². The molecule has 5 nitrogen and oxygen atoms in total. The zero-order valence-electron chi connectivity index (χ0n) is 20.3. The molecule has 4 rings (SSSR count).